The fourth-order valence-corrected chi connectivity index (χ4v) is 7.86. The van der Waals surface area contributed by atoms with Crippen molar-refractivity contribution in [2.75, 3.05) is 0 Å². The van der Waals surface area contributed by atoms with Crippen LogP contribution in [-0.2, 0) is 4.79 Å². The van der Waals surface area contributed by atoms with Crippen LogP contribution >= 0.6 is 0 Å². The zero-order chi connectivity index (χ0) is 37.4. The van der Waals surface area contributed by atoms with E-state index < -0.39 is 5.97 Å². The fourth-order valence-electron chi connectivity index (χ4n) is 7.86. The van der Waals surface area contributed by atoms with Gasteiger partial charge in [-0.05, 0) is 149 Å². The third-order valence-corrected chi connectivity index (χ3v) is 11.1. The van der Waals surface area contributed by atoms with Gasteiger partial charge in [0.15, 0.2) is 0 Å². The first-order valence-corrected chi connectivity index (χ1v) is 18.6. The zero-order valence-corrected chi connectivity index (χ0v) is 30.8. The van der Waals surface area contributed by atoms with Crippen molar-refractivity contribution in [2.45, 2.75) is 110 Å². The van der Waals surface area contributed by atoms with Gasteiger partial charge in [-0.15, -0.1) is 0 Å². The summed E-state index contributed by atoms with van der Waals surface area (Å²) in [6.45, 7) is 8.29. The number of imidazole rings is 1. The molecule has 3 heterocycles. The number of nitrogens with one attached hydrogen (secondary N) is 2. The molecule has 7 rings (SSSR count). The van der Waals surface area contributed by atoms with Gasteiger partial charge in [0.1, 0.15) is 17.5 Å². The summed E-state index contributed by atoms with van der Waals surface area (Å²) in [5, 5.41) is 17.3. The number of carboxylic acid groups (broad SMARTS) is 1. The van der Waals surface area contributed by atoms with Gasteiger partial charge in [-0.3, -0.25) is 20.2 Å². The second kappa shape index (κ2) is 17.7. The van der Waals surface area contributed by atoms with E-state index in [0.717, 1.165) is 77.4 Å². The summed E-state index contributed by atoms with van der Waals surface area (Å²) in [6.07, 6.45) is 13.0. The van der Waals surface area contributed by atoms with Gasteiger partial charge in [0.25, 0.3) is 0 Å². The molecule has 2 saturated carbocycles. The lowest BCUT2D eigenvalue weighted by atomic mass is 9.73. The highest BCUT2D eigenvalue weighted by atomic mass is 19.1. The SMILES string of the molecule is CCC(=N)N.Cc1nc(C(C)C2CCC(c3ccnc4ccc(F)cc34)CC2)[nH]c1C.O=C(O)CC1CCC(c2ccnc3ccc(F)cc23)CC1. The molecule has 5 aromatic rings. The molecule has 276 valence electrons. The Morgan fingerprint density at radius 1 is 0.865 bits per heavy atom. The van der Waals surface area contributed by atoms with Crippen molar-refractivity contribution < 1.29 is 18.7 Å². The summed E-state index contributed by atoms with van der Waals surface area (Å²) < 4.78 is 27.2. The number of H-pyrrole nitrogens is 1. The maximum Gasteiger partial charge on any atom is 0.303 e. The van der Waals surface area contributed by atoms with Crippen molar-refractivity contribution in [3.63, 3.8) is 0 Å². The van der Waals surface area contributed by atoms with Crippen LogP contribution in [0, 0.1) is 42.7 Å². The number of amidine groups is 1. The lowest BCUT2D eigenvalue weighted by Gasteiger charge is -2.32. The number of aryl methyl sites for hydroxylation is 2. The van der Waals surface area contributed by atoms with Crippen LogP contribution in [0.25, 0.3) is 21.8 Å². The van der Waals surface area contributed by atoms with E-state index in [2.05, 4.69) is 41.8 Å². The van der Waals surface area contributed by atoms with Gasteiger partial charge in [-0.25, -0.2) is 13.8 Å². The number of nitrogens with zero attached hydrogens (tertiary/aromatic N) is 3. The Kier molecular flexibility index (Phi) is 13.1. The van der Waals surface area contributed by atoms with Crippen LogP contribution in [0.15, 0.2) is 60.9 Å². The first kappa shape index (κ1) is 38.5. The van der Waals surface area contributed by atoms with Crippen molar-refractivity contribution in [1.82, 2.24) is 19.9 Å². The summed E-state index contributed by atoms with van der Waals surface area (Å²) in [5.74, 6) is 2.50. The minimum absolute atomic E-state index is 0.183. The number of hydrogen-bond acceptors (Lipinski definition) is 5. The van der Waals surface area contributed by atoms with Crippen LogP contribution in [0.4, 0.5) is 8.78 Å². The van der Waals surface area contributed by atoms with Gasteiger partial charge in [-0.1, -0.05) is 13.8 Å². The Morgan fingerprint density at radius 2 is 1.35 bits per heavy atom. The molecular formula is C42H52F2N6O2. The molecule has 0 aliphatic heterocycles. The molecule has 10 heteroatoms. The standard InChI is InChI=1S/C22H26FN3.C17H18FNO2.C3H8N2/c1-13(22-25-14(2)15(3)26-22)16-4-6-17(7-5-16)19-10-11-24-21-9-8-18(23)12-20(19)21;18-13-5-6-16-15(10-13)14(7-8-19-16)12-3-1-11(2-4-12)9-17(20)21;1-2-3(4)5/h8-13,16-17H,4-7H2,1-3H3,(H,25,26);5-8,10-12H,1-4,9H2,(H,20,21);2H2,1H3,(H3,4,5). The number of fused-ring (bicyclic) bond motifs is 2. The van der Waals surface area contributed by atoms with Crippen LogP contribution < -0.4 is 5.73 Å². The second-order valence-corrected chi connectivity index (χ2v) is 14.6. The number of benzene rings is 2. The maximum atomic E-state index is 13.7. The van der Waals surface area contributed by atoms with Gasteiger partial charge in [0, 0.05) is 47.6 Å². The Balaban J connectivity index is 0.000000181. The summed E-state index contributed by atoms with van der Waals surface area (Å²) in [6, 6.07) is 13.7. The number of pyridine rings is 2. The zero-order valence-electron chi connectivity index (χ0n) is 30.8. The van der Waals surface area contributed by atoms with E-state index in [9.17, 15) is 13.6 Å². The van der Waals surface area contributed by atoms with E-state index in [-0.39, 0.29) is 29.8 Å². The average Bonchev–Trinajstić information content (AvgIpc) is 3.48. The van der Waals surface area contributed by atoms with Crippen LogP contribution in [0.1, 0.15) is 124 Å². The molecule has 0 amide bonds. The van der Waals surface area contributed by atoms with Crippen LogP contribution in [0.5, 0.6) is 0 Å². The fraction of sp³-hybridized carbons (Fsp3) is 0.452. The van der Waals surface area contributed by atoms with E-state index in [0.29, 0.717) is 30.1 Å². The highest BCUT2D eigenvalue weighted by molar-refractivity contribution is 5.83. The van der Waals surface area contributed by atoms with E-state index in [1.54, 1.807) is 30.5 Å². The van der Waals surface area contributed by atoms with Crippen molar-refractivity contribution in [1.29, 1.82) is 5.41 Å². The largest absolute Gasteiger partial charge is 0.481 e. The molecule has 0 saturated heterocycles. The highest BCUT2D eigenvalue weighted by Gasteiger charge is 2.29. The molecule has 1 unspecified atom stereocenters. The van der Waals surface area contributed by atoms with Crippen LogP contribution in [0.2, 0.25) is 0 Å². The third-order valence-electron chi connectivity index (χ3n) is 11.1. The smallest absolute Gasteiger partial charge is 0.303 e. The number of hydrogen-bond donors (Lipinski definition) is 4. The van der Waals surface area contributed by atoms with Crippen molar-refractivity contribution in [2.24, 2.45) is 17.6 Å². The quantitative estimate of drug-likeness (QED) is 0.0978. The van der Waals surface area contributed by atoms with Crippen molar-refractivity contribution in [3.05, 3.63) is 101 Å². The highest BCUT2D eigenvalue weighted by Crippen LogP contribution is 2.43. The molecule has 1 atom stereocenters. The number of carbonyl (C=O) groups is 1. The molecule has 2 aromatic carbocycles. The molecular weight excluding hydrogens is 658 g/mol. The number of nitrogens with two attached hydrogens (primary N) is 1. The first-order chi connectivity index (χ1) is 24.9. The molecule has 0 radical (unpaired) electrons. The minimum atomic E-state index is -0.713. The molecule has 5 N–H and O–H groups in total. The summed E-state index contributed by atoms with van der Waals surface area (Å²) >= 11 is 0. The number of aliphatic carboxylic acids is 1. The average molecular weight is 711 g/mol. The van der Waals surface area contributed by atoms with Gasteiger partial charge in [-0.2, -0.15) is 0 Å². The predicted molar refractivity (Wildman–Crippen MR) is 204 cm³/mol. The van der Waals surface area contributed by atoms with E-state index >= 15 is 0 Å². The molecule has 0 bridgehead atoms. The van der Waals surface area contributed by atoms with Crippen molar-refractivity contribution in [3.8, 4) is 0 Å². The predicted octanol–water partition coefficient (Wildman–Crippen LogP) is 10.2. The van der Waals surface area contributed by atoms with Gasteiger partial charge in [0.2, 0.25) is 0 Å². The molecule has 3 aromatic heterocycles. The molecule has 2 aliphatic carbocycles. The number of aromatic amines is 1. The van der Waals surface area contributed by atoms with Gasteiger partial charge in [0.05, 0.1) is 22.6 Å². The lowest BCUT2D eigenvalue weighted by Crippen LogP contribution is -2.19. The van der Waals surface area contributed by atoms with Crippen LogP contribution in [0.3, 0.4) is 0 Å². The Hall–Kier alpha value is -4.73. The lowest BCUT2D eigenvalue weighted by molar-refractivity contribution is -0.138. The van der Waals surface area contributed by atoms with E-state index in [1.165, 1.54) is 36.2 Å². The van der Waals surface area contributed by atoms with Crippen molar-refractivity contribution >= 4 is 33.6 Å². The Morgan fingerprint density at radius 3 is 1.77 bits per heavy atom. The van der Waals surface area contributed by atoms with Gasteiger partial charge < -0.3 is 15.8 Å². The minimum Gasteiger partial charge on any atom is -0.481 e. The summed E-state index contributed by atoms with van der Waals surface area (Å²) in [4.78, 5) is 27.6. The van der Waals surface area contributed by atoms with Crippen LogP contribution in [-0.4, -0.2) is 36.8 Å². The maximum absolute atomic E-state index is 13.7. The molecule has 52 heavy (non-hydrogen) atoms. The summed E-state index contributed by atoms with van der Waals surface area (Å²) in [5.41, 5.74) is 11.3. The number of aromatic nitrogens is 4. The molecule has 8 nitrogen and oxygen atoms in total. The van der Waals surface area contributed by atoms with E-state index in [4.69, 9.17) is 21.2 Å². The molecule has 2 fully saturated rings. The number of halogens is 2. The Bertz CT molecular complexity index is 1960. The summed E-state index contributed by atoms with van der Waals surface area (Å²) in [7, 11) is 0. The molecule has 0 spiro atoms. The van der Waals surface area contributed by atoms with E-state index in [1.807, 2.05) is 19.2 Å². The Labute approximate surface area is 305 Å². The monoisotopic (exact) mass is 710 g/mol. The third kappa shape index (κ3) is 9.78. The topological polar surface area (TPSA) is 142 Å². The number of carboxylic acids is 1. The van der Waals surface area contributed by atoms with Gasteiger partial charge >= 0.3 is 5.97 Å². The molecule has 2 aliphatic rings. The first-order valence-electron chi connectivity index (χ1n) is 18.6. The number of rotatable bonds is 7. The normalized spacial score (nSPS) is 20.7. The second-order valence-electron chi connectivity index (χ2n) is 14.6.